The summed E-state index contributed by atoms with van der Waals surface area (Å²) < 4.78 is 10.2. The highest BCUT2D eigenvalue weighted by atomic mass is 16.6. The Bertz CT molecular complexity index is 676. The Morgan fingerprint density at radius 1 is 1.32 bits per heavy atom. The Hall–Kier alpha value is -2.63. The van der Waals surface area contributed by atoms with Gasteiger partial charge in [0.05, 0.1) is 5.69 Å². The molecule has 0 aliphatic heterocycles. The first kappa shape index (κ1) is 14.3. The fraction of sp³-hybridized carbons (Fsp3) is 0.312. The summed E-state index contributed by atoms with van der Waals surface area (Å²) in [4.78, 5) is 24.4. The second-order valence-corrected chi connectivity index (χ2v) is 5.31. The van der Waals surface area contributed by atoms with E-state index in [0.29, 0.717) is 11.3 Å². The molecule has 0 saturated heterocycles. The van der Waals surface area contributed by atoms with Crippen LogP contribution in [0.4, 0.5) is 0 Å². The molecule has 6 heteroatoms. The lowest BCUT2D eigenvalue weighted by Crippen LogP contribution is -2.33. The van der Waals surface area contributed by atoms with E-state index in [9.17, 15) is 9.59 Å². The molecule has 1 aliphatic rings. The molecule has 1 fully saturated rings. The number of hydrogen-bond donors (Lipinski definition) is 1. The highest BCUT2D eigenvalue weighted by molar-refractivity contribution is 5.90. The fourth-order valence-corrected chi connectivity index (χ4v) is 2.03. The second-order valence-electron chi connectivity index (χ2n) is 5.31. The van der Waals surface area contributed by atoms with Crippen LogP contribution in [0.1, 0.15) is 40.8 Å². The van der Waals surface area contributed by atoms with Gasteiger partial charge in [-0.3, -0.25) is 4.79 Å². The Labute approximate surface area is 127 Å². The number of hydrogen-bond acceptors (Lipinski definition) is 5. The average Bonchev–Trinajstić information content (AvgIpc) is 3.23. The molecular weight excluding hydrogens is 284 g/mol. The van der Waals surface area contributed by atoms with Gasteiger partial charge in [-0.2, -0.15) is 0 Å². The Balaban J connectivity index is 1.78. The van der Waals surface area contributed by atoms with E-state index in [1.54, 1.807) is 31.2 Å². The quantitative estimate of drug-likeness (QED) is 0.856. The van der Waals surface area contributed by atoms with Gasteiger partial charge in [-0.1, -0.05) is 35.5 Å². The third kappa shape index (κ3) is 3.33. The van der Waals surface area contributed by atoms with Gasteiger partial charge in [0.1, 0.15) is 0 Å². The van der Waals surface area contributed by atoms with E-state index in [2.05, 4.69) is 10.5 Å². The van der Waals surface area contributed by atoms with E-state index < -0.39 is 12.1 Å². The number of esters is 1. The van der Waals surface area contributed by atoms with Crippen molar-refractivity contribution in [3.63, 3.8) is 0 Å². The molecule has 114 valence electrons. The lowest BCUT2D eigenvalue weighted by Gasteiger charge is -2.17. The van der Waals surface area contributed by atoms with E-state index in [-0.39, 0.29) is 17.7 Å². The van der Waals surface area contributed by atoms with Gasteiger partial charge in [-0.25, -0.2) is 4.79 Å². The summed E-state index contributed by atoms with van der Waals surface area (Å²) in [5.74, 6) is -1.05. The SMILES string of the molecule is Cc1cc(C(=O)O[C@H](C(=O)NC2CC2)c2ccccc2)on1. The van der Waals surface area contributed by atoms with Crippen molar-refractivity contribution in [3.8, 4) is 0 Å². The van der Waals surface area contributed by atoms with Gasteiger partial charge in [-0.15, -0.1) is 0 Å². The number of carbonyl (C=O) groups is 2. The molecule has 1 N–H and O–H groups in total. The molecule has 1 heterocycles. The highest BCUT2D eigenvalue weighted by Gasteiger charge is 2.31. The molecule has 1 amide bonds. The van der Waals surface area contributed by atoms with Crippen molar-refractivity contribution in [1.29, 1.82) is 0 Å². The fourth-order valence-electron chi connectivity index (χ4n) is 2.03. The minimum Gasteiger partial charge on any atom is -0.441 e. The maximum atomic E-state index is 12.3. The number of nitrogens with one attached hydrogen (secondary N) is 1. The van der Waals surface area contributed by atoms with Crippen LogP contribution in [0.15, 0.2) is 40.9 Å². The van der Waals surface area contributed by atoms with Crippen molar-refractivity contribution < 1.29 is 18.8 Å². The molecule has 1 aromatic carbocycles. The van der Waals surface area contributed by atoms with E-state index in [1.807, 2.05) is 6.07 Å². The third-order valence-corrected chi connectivity index (χ3v) is 3.32. The molecule has 0 radical (unpaired) electrons. The largest absolute Gasteiger partial charge is 0.441 e. The van der Waals surface area contributed by atoms with Crippen LogP contribution in [0.2, 0.25) is 0 Å². The predicted octanol–water partition coefficient (Wildman–Crippen LogP) is 2.16. The maximum absolute atomic E-state index is 12.3. The summed E-state index contributed by atoms with van der Waals surface area (Å²) in [5.41, 5.74) is 1.19. The van der Waals surface area contributed by atoms with E-state index in [0.717, 1.165) is 12.8 Å². The van der Waals surface area contributed by atoms with Gasteiger partial charge < -0.3 is 14.6 Å². The predicted molar refractivity (Wildman–Crippen MR) is 77.0 cm³/mol. The molecular formula is C16H16N2O4. The van der Waals surface area contributed by atoms with E-state index in [4.69, 9.17) is 9.26 Å². The van der Waals surface area contributed by atoms with Crippen LogP contribution < -0.4 is 5.32 Å². The number of nitrogens with zero attached hydrogens (tertiary/aromatic N) is 1. The van der Waals surface area contributed by atoms with Crippen LogP contribution in [-0.4, -0.2) is 23.1 Å². The van der Waals surface area contributed by atoms with Gasteiger partial charge in [0.15, 0.2) is 0 Å². The summed E-state index contributed by atoms with van der Waals surface area (Å²) in [6, 6.07) is 10.6. The normalized spacial score (nSPS) is 15.1. The van der Waals surface area contributed by atoms with E-state index in [1.165, 1.54) is 6.07 Å². The number of aromatic nitrogens is 1. The first-order valence-corrected chi connectivity index (χ1v) is 7.13. The number of ether oxygens (including phenoxy) is 1. The number of aryl methyl sites for hydroxylation is 1. The topological polar surface area (TPSA) is 81.4 Å². The lowest BCUT2D eigenvalue weighted by molar-refractivity contribution is -0.130. The van der Waals surface area contributed by atoms with Crippen molar-refractivity contribution in [3.05, 3.63) is 53.4 Å². The Morgan fingerprint density at radius 2 is 2.05 bits per heavy atom. The zero-order valence-electron chi connectivity index (χ0n) is 12.1. The van der Waals surface area contributed by atoms with Gasteiger partial charge in [0.2, 0.25) is 11.9 Å². The second kappa shape index (κ2) is 6.01. The number of benzene rings is 1. The summed E-state index contributed by atoms with van der Waals surface area (Å²) in [6.07, 6.45) is 0.921. The van der Waals surface area contributed by atoms with Crippen LogP contribution >= 0.6 is 0 Å². The van der Waals surface area contributed by atoms with Crippen LogP contribution in [0, 0.1) is 6.92 Å². The van der Waals surface area contributed by atoms with Crippen molar-refractivity contribution in [1.82, 2.24) is 10.5 Å². The summed E-state index contributed by atoms with van der Waals surface area (Å²) in [7, 11) is 0. The molecule has 1 saturated carbocycles. The van der Waals surface area contributed by atoms with Crippen molar-refractivity contribution >= 4 is 11.9 Å². The molecule has 1 aliphatic carbocycles. The van der Waals surface area contributed by atoms with Gasteiger partial charge in [0.25, 0.3) is 5.91 Å². The third-order valence-electron chi connectivity index (χ3n) is 3.32. The first-order valence-electron chi connectivity index (χ1n) is 7.13. The summed E-state index contributed by atoms with van der Waals surface area (Å²) >= 11 is 0. The summed E-state index contributed by atoms with van der Waals surface area (Å²) in [6.45, 7) is 1.70. The number of rotatable bonds is 5. The molecule has 0 unspecified atom stereocenters. The van der Waals surface area contributed by atoms with Gasteiger partial charge in [-0.05, 0) is 19.8 Å². The molecule has 1 aromatic heterocycles. The number of amides is 1. The Kier molecular flexibility index (Phi) is 3.91. The van der Waals surface area contributed by atoms with Crippen LogP contribution in [0.3, 0.4) is 0 Å². The standard InChI is InChI=1S/C16H16N2O4/c1-10-9-13(22-18-10)16(20)21-14(11-5-3-2-4-6-11)15(19)17-12-7-8-12/h2-6,9,12,14H,7-8H2,1H3,(H,17,19)/t14-/m0/s1. The van der Waals surface area contributed by atoms with Crippen molar-refractivity contribution in [2.75, 3.05) is 0 Å². The van der Waals surface area contributed by atoms with Gasteiger partial charge >= 0.3 is 5.97 Å². The van der Waals surface area contributed by atoms with Crippen LogP contribution in [-0.2, 0) is 9.53 Å². The number of carbonyl (C=O) groups excluding carboxylic acids is 2. The zero-order chi connectivity index (χ0) is 15.5. The molecule has 0 bridgehead atoms. The Morgan fingerprint density at radius 3 is 2.64 bits per heavy atom. The maximum Gasteiger partial charge on any atom is 0.378 e. The molecule has 3 rings (SSSR count). The highest BCUT2D eigenvalue weighted by Crippen LogP contribution is 2.24. The molecule has 6 nitrogen and oxygen atoms in total. The minimum atomic E-state index is -1.00. The zero-order valence-corrected chi connectivity index (χ0v) is 12.1. The molecule has 1 atom stereocenters. The smallest absolute Gasteiger partial charge is 0.378 e. The van der Waals surface area contributed by atoms with Crippen LogP contribution in [0.5, 0.6) is 0 Å². The first-order chi connectivity index (χ1) is 10.6. The molecule has 0 spiro atoms. The summed E-state index contributed by atoms with van der Waals surface area (Å²) in [5, 5.41) is 6.50. The van der Waals surface area contributed by atoms with Crippen molar-refractivity contribution in [2.45, 2.75) is 31.9 Å². The average molecular weight is 300 g/mol. The van der Waals surface area contributed by atoms with Crippen molar-refractivity contribution in [2.24, 2.45) is 0 Å². The minimum absolute atomic E-state index is 0.0161. The lowest BCUT2D eigenvalue weighted by atomic mass is 10.1. The van der Waals surface area contributed by atoms with Crippen LogP contribution in [0.25, 0.3) is 0 Å². The molecule has 22 heavy (non-hydrogen) atoms. The monoisotopic (exact) mass is 300 g/mol. The molecule has 2 aromatic rings. The van der Waals surface area contributed by atoms with Gasteiger partial charge in [0, 0.05) is 17.7 Å². The van der Waals surface area contributed by atoms with E-state index >= 15 is 0 Å².